The van der Waals surface area contributed by atoms with Gasteiger partial charge in [-0.05, 0) is 24.3 Å². The van der Waals surface area contributed by atoms with Crippen molar-refractivity contribution >= 4 is 21.6 Å². The molecule has 0 bridgehead atoms. The number of methoxy groups -OCH3 is 2. The molecule has 0 fully saturated rings. The second-order valence-electron chi connectivity index (χ2n) is 5.64. The van der Waals surface area contributed by atoms with E-state index in [1.165, 1.54) is 50.6 Å². The highest BCUT2D eigenvalue weighted by molar-refractivity contribution is 7.92. The largest absolute Gasteiger partial charge is 0.497 e. The van der Waals surface area contributed by atoms with Gasteiger partial charge in [0.2, 0.25) is 10.0 Å². The van der Waals surface area contributed by atoms with Crippen molar-refractivity contribution in [1.29, 1.82) is 0 Å². The number of ether oxygens (including phenoxy) is 2. The Morgan fingerprint density at radius 1 is 1.11 bits per heavy atom. The van der Waals surface area contributed by atoms with E-state index in [-0.39, 0.29) is 18.8 Å². The number of sulfonamides is 1. The molecule has 0 saturated heterocycles. The zero-order chi connectivity index (χ0) is 20.0. The Balaban J connectivity index is 2.11. The van der Waals surface area contributed by atoms with Crippen molar-refractivity contribution in [1.82, 2.24) is 5.32 Å². The fourth-order valence-electron chi connectivity index (χ4n) is 2.43. The summed E-state index contributed by atoms with van der Waals surface area (Å²) in [6, 6.07) is 10.2. The minimum atomic E-state index is -3.72. The molecule has 1 N–H and O–H groups in total. The zero-order valence-corrected chi connectivity index (χ0v) is 16.0. The number of carbonyl (C=O) groups is 1. The van der Waals surface area contributed by atoms with Crippen molar-refractivity contribution in [2.45, 2.75) is 0 Å². The Hall–Kier alpha value is -2.81. The van der Waals surface area contributed by atoms with Gasteiger partial charge in [0.05, 0.1) is 32.7 Å². The molecule has 2 rings (SSSR count). The fraction of sp³-hybridized carbons (Fsp3) is 0.278. The van der Waals surface area contributed by atoms with Crippen LogP contribution in [0, 0.1) is 5.82 Å². The SMILES string of the molecule is COc1cc(OC)cc(C(=O)NCCN(c2ccccc2F)S(C)(=O)=O)c1. The van der Waals surface area contributed by atoms with E-state index >= 15 is 0 Å². The monoisotopic (exact) mass is 396 g/mol. The van der Waals surface area contributed by atoms with Crippen LogP contribution < -0.4 is 19.1 Å². The minimum Gasteiger partial charge on any atom is -0.497 e. The van der Waals surface area contributed by atoms with Crippen LogP contribution in [0.4, 0.5) is 10.1 Å². The molecule has 0 saturated carbocycles. The number of carbonyl (C=O) groups excluding carboxylic acids is 1. The quantitative estimate of drug-likeness (QED) is 0.738. The highest BCUT2D eigenvalue weighted by atomic mass is 32.2. The molecule has 2 aromatic rings. The van der Waals surface area contributed by atoms with Gasteiger partial charge < -0.3 is 14.8 Å². The first-order chi connectivity index (χ1) is 12.8. The standard InChI is InChI=1S/C18H21FN2O5S/c1-25-14-10-13(11-15(12-14)26-2)18(22)20-8-9-21(27(3,23)24)17-7-5-4-6-16(17)19/h4-7,10-12H,8-9H2,1-3H3,(H,20,22). The Bertz CT molecular complexity index is 895. The molecule has 0 heterocycles. The van der Waals surface area contributed by atoms with Gasteiger partial charge in [0.25, 0.3) is 5.91 Å². The molecule has 1 amide bonds. The summed E-state index contributed by atoms with van der Waals surface area (Å²) in [6.45, 7) is -0.133. The zero-order valence-electron chi connectivity index (χ0n) is 15.2. The Morgan fingerprint density at radius 3 is 2.22 bits per heavy atom. The van der Waals surface area contributed by atoms with Crippen LogP contribution in [0.25, 0.3) is 0 Å². The maximum Gasteiger partial charge on any atom is 0.251 e. The number of rotatable bonds is 8. The maximum absolute atomic E-state index is 14.0. The van der Waals surface area contributed by atoms with Crippen LogP contribution in [0.3, 0.4) is 0 Å². The molecule has 0 radical (unpaired) electrons. The first-order valence-corrected chi connectivity index (χ1v) is 9.84. The van der Waals surface area contributed by atoms with Crippen molar-refractivity contribution in [3.63, 3.8) is 0 Å². The molecule has 0 unspecified atom stereocenters. The molecule has 0 aliphatic carbocycles. The van der Waals surface area contributed by atoms with Crippen molar-refractivity contribution in [3.8, 4) is 11.5 Å². The number of anilines is 1. The summed E-state index contributed by atoms with van der Waals surface area (Å²) in [7, 11) is -0.788. The molecular formula is C18H21FN2O5S. The number of hydrogen-bond donors (Lipinski definition) is 1. The molecule has 27 heavy (non-hydrogen) atoms. The van der Waals surface area contributed by atoms with Crippen molar-refractivity contribution in [3.05, 3.63) is 53.8 Å². The lowest BCUT2D eigenvalue weighted by atomic mass is 10.2. The molecule has 0 aromatic heterocycles. The molecule has 0 aliphatic rings. The lowest BCUT2D eigenvalue weighted by molar-refractivity contribution is 0.0954. The molecule has 0 aliphatic heterocycles. The van der Waals surface area contributed by atoms with E-state index in [9.17, 15) is 17.6 Å². The normalized spacial score (nSPS) is 11.0. The summed E-state index contributed by atoms with van der Waals surface area (Å²) < 4.78 is 49.1. The molecule has 7 nitrogen and oxygen atoms in total. The third kappa shape index (κ3) is 5.33. The highest BCUT2D eigenvalue weighted by Crippen LogP contribution is 2.23. The van der Waals surface area contributed by atoms with Gasteiger partial charge in [-0.2, -0.15) is 0 Å². The molecule has 9 heteroatoms. The topological polar surface area (TPSA) is 84.9 Å². The summed E-state index contributed by atoms with van der Waals surface area (Å²) in [5, 5.41) is 2.61. The maximum atomic E-state index is 14.0. The third-order valence-electron chi connectivity index (χ3n) is 3.74. The van der Waals surface area contributed by atoms with Crippen LogP contribution in [-0.4, -0.2) is 47.9 Å². The number of para-hydroxylation sites is 1. The molecular weight excluding hydrogens is 375 g/mol. The highest BCUT2D eigenvalue weighted by Gasteiger charge is 2.20. The van der Waals surface area contributed by atoms with Crippen LogP contribution in [0.5, 0.6) is 11.5 Å². The second-order valence-corrected chi connectivity index (χ2v) is 7.55. The number of nitrogens with one attached hydrogen (secondary N) is 1. The van der Waals surface area contributed by atoms with Gasteiger partial charge in [-0.25, -0.2) is 12.8 Å². The second kappa shape index (κ2) is 8.72. The van der Waals surface area contributed by atoms with Crippen molar-refractivity contribution in [2.75, 3.05) is 37.9 Å². The van der Waals surface area contributed by atoms with Gasteiger partial charge >= 0.3 is 0 Å². The molecule has 0 spiro atoms. The van der Waals surface area contributed by atoms with E-state index in [0.29, 0.717) is 17.1 Å². The van der Waals surface area contributed by atoms with Crippen LogP contribution >= 0.6 is 0 Å². The van der Waals surface area contributed by atoms with Gasteiger partial charge in [-0.1, -0.05) is 12.1 Å². The van der Waals surface area contributed by atoms with Crippen LogP contribution in [0.2, 0.25) is 0 Å². The summed E-state index contributed by atoms with van der Waals surface area (Å²) in [4.78, 5) is 12.4. The van der Waals surface area contributed by atoms with Crippen LogP contribution in [-0.2, 0) is 10.0 Å². The first-order valence-electron chi connectivity index (χ1n) is 7.99. The number of amides is 1. The average Bonchev–Trinajstić information content (AvgIpc) is 2.64. The van der Waals surface area contributed by atoms with Crippen LogP contribution in [0.1, 0.15) is 10.4 Å². The summed E-state index contributed by atoms with van der Waals surface area (Å²) in [5.74, 6) is -0.201. The number of benzene rings is 2. The predicted octanol–water partition coefficient (Wildman–Crippen LogP) is 2.04. The van der Waals surface area contributed by atoms with E-state index in [0.717, 1.165) is 10.6 Å². The average molecular weight is 396 g/mol. The van der Waals surface area contributed by atoms with E-state index in [1.54, 1.807) is 6.07 Å². The Labute approximate surface area is 157 Å². The third-order valence-corrected chi connectivity index (χ3v) is 4.92. The lowest BCUT2D eigenvalue weighted by Crippen LogP contribution is -2.38. The van der Waals surface area contributed by atoms with Gasteiger partial charge in [-0.15, -0.1) is 0 Å². The number of halogens is 1. The first kappa shape index (κ1) is 20.5. The molecule has 2 aromatic carbocycles. The van der Waals surface area contributed by atoms with Gasteiger partial charge in [0.1, 0.15) is 17.3 Å². The number of nitrogens with zero attached hydrogens (tertiary/aromatic N) is 1. The van der Waals surface area contributed by atoms with Gasteiger partial charge in [0.15, 0.2) is 0 Å². The Morgan fingerprint density at radius 2 is 1.70 bits per heavy atom. The predicted molar refractivity (Wildman–Crippen MR) is 100 cm³/mol. The summed E-state index contributed by atoms with van der Waals surface area (Å²) in [6.07, 6.45) is 0.980. The van der Waals surface area contributed by atoms with Crippen molar-refractivity contribution < 1.29 is 27.1 Å². The van der Waals surface area contributed by atoms with Gasteiger partial charge in [-0.3, -0.25) is 9.10 Å². The lowest BCUT2D eigenvalue weighted by Gasteiger charge is -2.23. The minimum absolute atomic E-state index is 0.0141. The molecule has 146 valence electrons. The summed E-state index contributed by atoms with van der Waals surface area (Å²) >= 11 is 0. The van der Waals surface area contributed by atoms with Crippen molar-refractivity contribution in [2.24, 2.45) is 0 Å². The van der Waals surface area contributed by atoms with E-state index in [2.05, 4.69) is 5.32 Å². The fourth-order valence-corrected chi connectivity index (χ4v) is 3.36. The Kier molecular flexibility index (Phi) is 6.62. The number of hydrogen-bond acceptors (Lipinski definition) is 5. The van der Waals surface area contributed by atoms with Gasteiger partial charge in [0, 0.05) is 18.2 Å². The van der Waals surface area contributed by atoms with E-state index in [4.69, 9.17) is 9.47 Å². The smallest absolute Gasteiger partial charge is 0.251 e. The molecule has 0 atom stereocenters. The van der Waals surface area contributed by atoms with E-state index in [1.807, 2.05) is 0 Å². The van der Waals surface area contributed by atoms with Crippen LogP contribution in [0.15, 0.2) is 42.5 Å². The summed E-state index contributed by atoms with van der Waals surface area (Å²) in [5.41, 5.74) is 0.222. The van der Waals surface area contributed by atoms with E-state index < -0.39 is 21.7 Å².